The highest BCUT2D eigenvalue weighted by Crippen LogP contribution is 2.18. The van der Waals surface area contributed by atoms with E-state index in [0.717, 1.165) is 25.7 Å². The summed E-state index contributed by atoms with van der Waals surface area (Å²) in [5.74, 6) is 0.0333. The van der Waals surface area contributed by atoms with Gasteiger partial charge in [0.25, 0.3) is 11.6 Å². The van der Waals surface area contributed by atoms with Gasteiger partial charge in [-0.2, -0.15) is 0 Å². The van der Waals surface area contributed by atoms with Crippen molar-refractivity contribution in [1.82, 2.24) is 5.32 Å². The molecule has 0 unspecified atom stereocenters. The minimum absolute atomic E-state index is 0.0724. The van der Waals surface area contributed by atoms with Gasteiger partial charge in [-0.25, -0.2) is 0 Å². The van der Waals surface area contributed by atoms with E-state index in [1.165, 1.54) is 18.2 Å². The second kappa shape index (κ2) is 9.71. The summed E-state index contributed by atoms with van der Waals surface area (Å²) < 4.78 is 5.20. The quantitative estimate of drug-likeness (QED) is 0.388. The molecule has 0 atom stereocenters. The monoisotopic (exact) mass is 296 g/mol. The molecule has 0 aliphatic carbocycles. The summed E-state index contributed by atoms with van der Waals surface area (Å²) in [5.41, 5.74) is -0.0724. The first-order valence-corrected chi connectivity index (χ1v) is 6.88. The zero-order valence-corrected chi connectivity index (χ0v) is 11.8. The number of unbranched alkanes of at least 4 members (excludes halogenated alkanes) is 3. The van der Waals surface area contributed by atoms with E-state index >= 15 is 0 Å². The lowest BCUT2D eigenvalue weighted by Gasteiger charge is -2.07. The van der Waals surface area contributed by atoms with E-state index in [-0.39, 0.29) is 24.8 Å². The molecule has 0 aliphatic heterocycles. The summed E-state index contributed by atoms with van der Waals surface area (Å²) in [6.07, 6.45) is 3.52. The average Bonchev–Trinajstić information content (AvgIpc) is 2.49. The molecule has 0 aromatic heterocycles. The number of amides is 1. The number of hydrogen-bond donors (Lipinski definition) is 2. The lowest BCUT2D eigenvalue weighted by Crippen LogP contribution is -2.29. The molecule has 7 nitrogen and oxygen atoms in total. The first-order valence-electron chi connectivity index (χ1n) is 6.88. The molecule has 0 radical (unpaired) electrons. The molecule has 0 bridgehead atoms. The van der Waals surface area contributed by atoms with Crippen LogP contribution in [0.15, 0.2) is 24.3 Å². The number of nitro groups is 1. The number of hydrogen-bond acceptors (Lipinski definition) is 5. The lowest BCUT2D eigenvalue weighted by atomic mass is 10.2. The average molecular weight is 296 g/mol. The van der Waals surface area contributed by atoms with Crippen molar-refractivity contribution in [2.24, 2.45) is 0 Å². The van der Waals surface area contributed by atoms with Gasteiger partial charge in [0.05, 0.1) is 11.0 Å². The maximum Gasteiger partial charge on any atom is 0.273 e. The molecule has 0 heterocycles. The number of aliphatic hydroxyl groups is 1. The number of nitrogens with one attached hydrogen (secondary N) is 1. The fourth-order valence-electron chi connectivity index (χ4n) is 1.70. The summed E-state index contributed by atoms with van der Waals surface area (Å²) in [4.78, 5) is 21.6. The fraction of sp³-hybridized carbons (Fsp3) is 0.500. The molecule has 116 valence electrons. The molecule has 1 aromatic carbocycles. The van der Waals surface area contributed by atoms with Gasteiger partial charge in [-0.1, -0.05) is 18.9 Å². The molecule has 0 saturated heterocycles. The van der Waals surface area contributed by atoms with Crippen LogP contribution in [0, 0.1) is 10.1 Å². The van der Waals surface area contributed by atoms with Crippen molar-refractivity contribution in [2.45, 2.75) is 25.7 Å². The van der Waals surface area contributed by atoms with Crippen LogP contribution < -0.4 is 10.1 Å². The first-order chi connectivity index (χ1) is 10.1. The number of benzene rings is 1. The number of nitro benzene ring substituents is 1. The highest BCUT2D eigenvalue weighted by Gasteiger charge is 2.07. The van der Waals surface area contributed by atoms with Gasteiger partial charge in [0.1, 0.15) is 5.75 Å². The SMILES string of the molecule is O=C(COc1cccc([N+](=O)[O-])c1)NCCCCCCO. The van der Waals surface area contributed by atoms with E-state index < -0.39 is 4.92 Å². The number of aliphatic hydroxyl groups excluding tert-OH is 1. The Morgan fingerprint density at radius 1 is 1.29 bits per heavy atom. The molecule has 1 aromatic rings. The maximum absolute atomic E-state index is 11.5. The summed E-state index contributed by atoms with van der Waals surface area (Å²) >= 11 is 0. The van der Waals surface area contributed by atoms with Crippen molar-refractivity contribution in [3.63, 3.8) is 0 Å². The highest BCUT2D eigenvalue weighted by atomic mass is 16.6. The second-order valence-corrected chi connectivity index (χ2v) is 4.53. The third-order valence-corrected chi connectivity index (χ3v) is 2.81. The van der Waals surface area contributed by atoms with Crippen molar-refractivity contribution >= 4 is 11.6 Å². The van der Waals surface area contributed by atoms with Crippen molar-refractivity contribution in [3.05, 3.63) is 34.4 Å². The Kier molecular flexibility index (Phi) is 7.81. The number of rotatable bonds is 10. The van der Waals surface area contributed by atoms with E-state index in [1.54, 1.807) is 6.07 Å². The van der Waals surface area contributed by atoms with Gasteiger partial charge in [-0.3, -0.25) is 14.9 Å². The van der Waals surface area contributed by atoms with Gasteiger partial charge in [0.2, 0.25) is 0 Å². The largest absolute Gasteiger partial charge is 0.484 e. The van der Waals surface area contributed by atoms with Crippen LogP contribution in [-0.2, 0) is 4.79 Å². The molecule has 21 heavy (non-hydrogen) atoms. The fourth-order valence-corrected chi connectivity index (χ4v) is 1.70. The molecule has 0 fully saturated rings. The van der Waals surface area contributed by atoms with E-state index in [9.17, 15) is 14.9 Å². The highest BCUT2D eigenvalue weighted by molar-refractivity contribution is 5.77. The molecule has 7 heteroatoms. The molecule has 0 aliphatic rings. The van der Waals surface area contributed by atoms with E-state index in [4.69, 9.17) is 9.84 Å². The van der Waals surface area contributed by atoms with Crippen LogP contribution in [0.2, 0.25) is 0 Å². The van der Waals surface area contributed by atoms with Gasteiger partial charge in [-0.15, -0.1) is 0 Å². The van der Waals surface area contributed by atoms with Gasteiger partial charge in [-0.05, 0) is 18.9 Å². The first kappa shape index (κ1) is 16.9. The van der Waals surface area contributed by atoms with Crippen LogP contribution in [0.1, 0.15) is 25.7 Å². The third-order valence-electron chi connectivity index (χ3n) is 2.81. The van der Waals surface area contributed by atoms with Crippen LogP contribution >= 0.6 is 0 Å². The van der Waals surface area contributed by atoms with Crippen LogP contribution in [0.4, 0.5) is 5.69 Å². The lowest BCUT2D eigenvalue weighted by molar-refractivity contribution is -0.384. The smallest absolute Gasteiger partial charge is 0.273 e. The number of non-ortho nitro benzene ring substituents is 1. The van der Waals surface area contributed by atoms with Gasteiger partial charge >= 0.3 is 0 Å². The molecule has 1 rings (SSSR count). The molecule has 2 N–H and O–H groups in total. The number of carbonyl (C=O) groups is 1. The van der Waals surface area contributed by atoms with E-state index in [0.29, 0.717) is 12.3 Å². The number of ether oxygens (including phenoxy) is 1. The minimum atomic E-state index is -0.515. The Bertz CT molecular complexity index is 464. The molecular weight excluding hydrogens is 276 g/mol. The molecule has 0 saturated carbocycles. The topological polar surface area (TPSA) is 102 Å². The second-order valence-electron chi connectivity index (χ2n) is 4.53. The number of carbonyl (C=O) groups excluding carboxylic acids is 1. The maximum atomic E-state index is 11.5. The minimum Gasteiger partial charge on any atom is -0.484 e. The Balaban J connectivity index is 2.21. The molecular formula is C14H20N2O5. The molecule has 0 spiro atoms. The van der Waals surface area contributed by atoms with Crippen molar-refractivity contribution in [2.75, 3.05) is 19.8 Å². The standard InChI is InChI=1S/C14H20N2O5/c17-9-4-2-1-3-8-15-14(18)11-21-13-7-5-6-12(10-13)16(19)20/h5-7,10,17H,1-4,8-9,11H2,(H,15,18). The van der Waals surface area contributed by atoms with Crippen molar-refractivity contribution in [1.29, 1.82) is 0 Å². The summed E-state index contributed by atoms with van der Waals surface area (Å²) in [7, 11) is 0. The van der Waals surface area contributed by atoms with Gasteiger partial charge < -0.3 is 15.2 Å². The van der Waals surface area contributed by atoms with E-state index in [2.05, 4.69) is 5.32 Å². The van der Waals surface area contributed by atoms with Gasteiger partial charge in [0, 0.05) is 19.2 Å². The van der Waals surface area contributed by atoms with Crippen molar-refractivity contribution in [3.8, 4) is 5.75 Å². The Labute approximate surface area is 123 Å². The summed E-state index contributed by atoms with van der Waals surface area (Å²) in [5, 5.41) is 21.9. The van der Waals surface area contributed by atoms with Gasteiger partial charge in [0.15, 0.2) is 6.61 Å². The zero-order chi connectivity index (χ0) is 15.5. The van der Waals surface area contributed by atoms with Crippen molar-refractivity contribution < 1.29 is 19.6 Å². The summed E-state index contributed by atoms with van der Waals surface area (Å²) in [6.45, 7) is 0.587. The predicted octanol–water partition coefficient (Wildman–Crippen LogP) is 1.64. The molecule has 1 amide bonds. The Morgan fingerprint density at radius 3 is 2.76 bits per heavy atom. The van der Waals surface area contributed by atoms with E-state index in [1.807, 2.05) is 0 Å². The Morgan fingerprint density at radius 2 is 2.05 bits per heavy atom. The zero-order valence-electron chi connectivity index (χ0n) is 11.8. The Hall–Kier alpha value is -2.15. The number of nitrogens with zero attached hydrogens (tertiary/aromatic N) is 1. The van der Waals surface area contributed by atoms with Crippen LogP contribution in [-0.4, -0.2) is 35.7 Å². The van der Waals surface area contributed by atoms with Crippen LogP contribution in [0.5, 0.6) is 5.75 Å². The third kappa shape index (κ3) is 7.26. The van der Waals surface area contributed by atoms with Crippen LogP contribution in [0.3, 0.4) is 0 Å². The summed E-state index contributed by atoms with van der Waals surface area (Å²) in [6, 6.07) is 5.71. The van der Waals surface area contributed by atoms with Crippen LogP contribution in [0.25, 0.3) is 0 Å². The predicted molar refractivity (Wildman–Crippen MR) is 77.2 cm³/mol. The normalized spacial score (nSPS) is 10.1.